The summed E-state index contributed by atoms with van der Waals surface area (Å²) in [5.74, 6) is 0.272. The lowest BCUT2D eigenvalue weighted by Crippen LogP contribution is -2.32. The smallest absolute Gasteiger partial charge is 0.274 e. The highest BCUT2D eigenvalue weighted by Gasteiger charge is 2.23. The first-order chi connectivity index (χ1) is 13.9. The molecule has 8 heteroatoms. The molecule has 2 aromatic rings. The van der Waals surface area contributed by atoms with Crippen LogP contribution in [0.3, 0.4) is 0 Å². The second-order valence-electron chi connectivity index (χ2n) is 7.28. The van der Waals surface area contributed by atoms with Crippen LogP contribution in [0.5, 0.6) is 0 Å². The zero-order valence-electron chi connectivity index (χ0n) is 17.1. The van der Waals surface area contributed by atoms with Gasteiger partial charge in [0.1, 0.15) is 0 Å². The Morgan fingerprint density at radius 3 is 2.34 bits per heavy atom. The number of hydrogen-bond donors (Lipinski definition) is 0. The van der Waals surface area contributed by atoms with Gasteiger partial charge in [-0.25, -0.2) is 9.97 Å². The molecule has 0 radical (unpaired) electrons. The molecular formula is C21H26ClN5O2. The molecule has 0 spiro atoms. The Bertz CT molecular complexity index is 879. The lowest BCUT2D eigenvalue weighted by Gasteiger charge is -2.22. The van der Waals surface area contributed by atoms with E-state index >= 15 is 0 Å². The van der Waals surface area contributed by atoms with Gasteiger partial charge in [0.2, 0.25) is 5.95 Å². The van der Waals surface area contributed by atoms with E-state index in [0.717, 1.165) is 31.5 Å². The second-order valence-corrected chi connectivity index (χ2v) is 7.68. The molecule has 0 aliphatic carbocycles. The van der Waals surface area contributed by atoms with Crippen LogP contribution in [0.25, 0.3) is 0 Å². The Kier molecular flexibility index (Phi) is 6.69. The zero-order valence-corrected chi connectivity index (χ0v) is 17.8. The Labute approximate surface area is 176 Å². The highest BCUT2D eigenvalue weighted by atomic mass is 35.5. The molecule has 2 amide bonds. The number of rotatable bonds is 6. The molecule has 1 aliphatic heterocycles. The highest BCUT2D eigenvalue weighted by Crippen LogP contribution is 2.22. The summed E-state index contributed by atoms with van der Waals surface area (Å²) < 4.78 is 0. The molecule has 7 nitrogen and oxygen atoms in total. The number of benzene rings is 1. The predicted molar refractivity (Wildman–Crippen MR) is 113 cm³/mol. The standard InChI is InChI=1S/C21H26ClN5O2/c1-4-26(14-15-7-9-16(10-8-15)19(28)25(2)3)20(29)18-17(22)13-23-21(24-18)27-11-5-6-12-27/h7-10,13H,4-6,11-12,14H2,1-3H3. The summed E-state index contributed by atoms with van der Waals surface area (Å²) in [6.07, 6.45) is 3.70. The maximum Gasteiger partial charge on any atom is 0.274 e. The van der Waals surface area contributed by atoms with Crippen molar-refractivity contribution in [3.8, 4) is 0 Å². The minimum Gasteiger partial charge on any atom is -0.345 e. The first kappa shape index (κ1) is 21.0. The number of anilines is 1. The topological polar surface area (TPSA) is 69.6 Å². The van der Waals surface area contributed by atoms with Gasteiger partial charge in [-0.3, -0.25) is 9.59 Å². The van der Waals surface area contributed by atoms with Crippen molar-refractivity contribution in [3.63, 3.8) is 0 Å². The number of carbonyl (C=O) groups excluding carboxylic acids is 2. The fraction of sp³-hybridized carbons (Fsp3) is 0.429. The third-order valence-corrected chi connectivity index (χ3v) is 5.25. The van der Waals surface area contributed by atoms with E-state index in [2.05, 4.69) is 14.9 Å². The molecule has 0 bridgehead atoms. The van der Waals surface area contributed by atoms with Crippen LogP contribution in [-0.2, 0) is 6.54 Å². The molecule has 0 atom stereocenters. The maximum absolute atomic E-state index is 13.1. The van der Waals surface area contributed by atoms with Gasteiger partial charge in [-0.1, -0.05) is 23.7 Å². The van der Waals surface area contributed by atoms with Crippen LogP contribution in [0.2, 0.25) is 5.02 Å². The first-order valence-corrected chi connectivity index (χ1v) is 10.2. The molecule has 0 saturated carbocycles. The monoisotopic (exact) mass is 415 g/mol. The van der Waals surface area contributed by atoms with Crippen LogP contribution in [0.15, 0.2) is 30.5 Å². The van der Waals surface area contributed by atoms with Gasteiger partial charge in [0.25, 0.3) is 11.8 Å². The number of halogens is 1. The molecule has 1 aromatic carbocycles. The number of hydrogen-bond acceptors (Lipinski definition) is 5. The minimum atomic E-state index is -0.228. The van der Waals surface area contributed by atoms with Gasteiger partial charge in [-0.05, 0) is 37.5 Å². The molecule has 1 fully saturated rings. The molecular weight excluding hydrogens is 390 g/mol. The summed E-state index contributed by atoms with van der Waals surface area (Å²) in [5, 5.41) is 0.253. The lowest BCUT2D eigenvalue weighted by molar-refractivity contribution is 0.0745. The van der Waals surface area contributed by atoms with Gasteiger partial charge < -0.3 is 14.7 Å². The normalized spacial score (nSPS) is 13.4. The molecule has 1 aliphatic rings. The van der Waals surface area contributed by atoms with Gasteiger partial charge in [-0.2, -0.15) is 0 Å². The summed E-state index contributed by atoms with van der Waals surface area (Å²) in [5.41, 5.74) is 1.77. The van der Waals surface area contributed by atoms with Gasteiger partial charge in [-0.15, -0.1) is 0 Å². The van der Waals surface area contributed by atoms with E-state index in [9.17, 15) is 9.59 Å². The van der Waals surface area contributed by atoms with E-state index < -0.39 is 0 Å². The average molecular weight is 416 g/mol. The van der Waals surface area contributed by atoms with Crippen molar-refractivity contribution in [3.05, 3.63) is 52.3 Å². The van der Waals surface area contributed by atoms with Crippen LogP contribution >= 0.6 is 11.6 Å². The van der Waals surface area contributed by atoms with Crippen LogP contribution in [-0.4, -0.2) is 65.3 Å². The molecule has 1 saturated heterocycles. The molecule has 29 heavy (non-hydrogen) atoms. The van der Waals surface area contributed by atoms with Gasteiger partial charge in [0.15, 0.2) is 5.69 Å². The lowest BCUT2D eigenvalue weighted by atomic mass is 10.1. The molecule has 2 heterocycles. The van der Waals surface area contributed by atoms with Crippen molar-refractivity contribution < 1.29 is 9.59 Å². The Hall–Kier alpha value is -2.67. The average Bonchev–Trinajstić information content (AvgIpc) is 3.26. The SMILES string of the molecule is CCN(Cc1ccc(C(=O)N(C)C)cc1)C(=O)c1nc(N2CCCC2)ncc1Cl. The fourth-order valence-electron chi connectivity index (χ4n) is 3.29. The first-order valence-electron chi connectivity index (χ1n) is 9.78. The summed E-state index contributed by atoms with van der Waals surface area (Å²) >= 11 is 6.25. The fourth-order valence-corrected chi connectivity index (χ4v) is 3.46. The van der Waals surface area contributed by atoms with Crippen LogP contribution < -0.4 is 4.90 Å². The number of nitrogens with zero attached hydrogens (tertiary/aromatic N) is 5. The summed E-state index contributed by atoms with van der Waals surface area (Å²) in [7, 11) is 3.44. The van der Waals surface area contributed by atoms with Gasteiger partial charge >= 0.3 is 0 Å². The van der Waals surface area contributed by atoms with E-state index in [0.29, 0.717) is 24.6 Å². The summed E-state index contributed by atoms with van der Waals surface area (Å²) in [6.45, 7) is 4.62. The second kappa shape index (κ2) is 9.22. The van der Waals surface area contributed by atoms with E-state index in [1.165, 1.54) is 11.1 Å². The van der Waals surface area contributed by atoms with Crippen molar-refractivity contribution in [2.24, 2.45) is 0 Å². The maximum atomic E-state index is 13.1. The Morgan fingerprint density at radius 1 is 1.10 bits per heavy atom. The summed E-state index contributed by atoms with van der Waals surface area (Å²) in [4.78, 5) is 39.2. The van der Waals surface area contributed by atoms with Crippen LogP contribution in [0.1, 0.15) is 46.2 Å². The van der Waals surface area contributed by atoms with E-state index in [1.807, 2.05) is 19.1 Å². The third-order valence-electron chi connectivity index (χ3n) is 4.97. The highest BCUT2D eigenvalue weighted by molar-refractivity contribution is 6.33. The van der Waals surface area contributed by atoms with E-state index in [-0.39, 0.29) is 22.5 Å². The summed E-state index contributed by atoms with van der Waals surface area (Å²) in [6, 6.07) is 7.28. The Morgan fingerprint density at radius 2 is 1.76 bits per heavy atom. The van der Waals surface area contributed by atoms with Gasteiger partial charge in [0.05, 0.1) is 11.2 Å². The van der Waals surface area contributed by atoms with Crippen molar-refractivity contribution in [1.29, 1.82) is 0 Å². The van der Waals surface area contributed by atoms with Crippen LogP contribution in [0, 0.1) is 0 Å². The van der Waals surface area contributed by atoms with E-state index in [4.69, 9.17) is 11.6 Å². The van der Waals surface area contributed by atoms with E-state index in [1.54, 1.807) is 31.1 Å². The number of carbonyl (C=O) groups is 2. The molecule has 0 N–H and O–H groups in total. The Balaban J connectivity index is 1.77. The molecule has 3 rings (SSSR count). The van der Waals surface area contributed by atoms with Crippen LogP contribution in [0.4, 0.5) is 5.95 Å². The van der Waals surface area contributed by atoms with Crippen molar-refractivity contribution in [2.45, 2.75) is 26.3 Å². The minimum absolute atomic E-state index is 0.0535. The van der Waals surface area contributed by atoms with Gasteiger partial charge in [0, 0.05) is 45.8 Å². The number of aromatic nitrogens is 2. The van der Waals surface area contributed by atoms with Crippen molar-refractivity contribution >= 4 is 29.4 Å². The third kappa shape index (κ3) is 4.85. The molecule has 154 valence electrons. The largest absolute Gasteiger partial charge is 0.345 e. The molecule has 0 unspecified atom stereocenters. The van der Waals surface area contributed by atoms with Crippen molar-refractivity contribution in [2.75, 3.05) is 38.6 Å². The van der Waals surface area contributed by atoms with Crippen molar-refractivity contribution in [1.82, 2.24) is 19.8 Å². The number of amides is 2. The quantitative estimate of drug-likeness (QED) is 0.725. The molecule has 1 aromatic heterocycles. The zero-order chi connectivity index (χ0) is 21.0. The predicted octanol–water partition coefficient (Wildman–Crippen LogP) is 3.09.